The van der Waals surface area contributed by atoms with Crippen LogP contribution in [0.4, 0.5) is 5.82 Å². The van der Waals surface area contributed by atoms with Crippen molar-refractivity contribution in [3.63, 3.8) is 0 Å². The molecule has 3 rings (SSSR count). The van der Waals surface area contributed by atoms with E-state index in [1.807, 2.05) is 18.2 Å². The number of hydrogen-bond donors (Lipinski definition) is 1. The number of pyridine rings is 1. The summed E-state index contributed by atoms with van der Waals surface area (Å²) in [6.07, 6.45) is 3.60. The van der Waals surface area contributed by atoms with Gasteiger partial charge in [0.1, 0.15) is 5.82 Å². The predicted octanol–water partition coefficient (Wildman–Crippen LogP) is 3.03. The van der Waals surface area contributed by atoms with Gasteiger partial charge < -0.3 is 10.0 Å². The van der Waals surface area contributed by atoms with Gasteiger partial charge in [-0.15, -0.1) is 0 Å². The van der Waals surface area contributed by atoms with Gasteiger partial charge in [-0.3, -0.25) is 0 Å². The van der Waals surface area contributed by atoms with Crippen LogP contribution in [0.3, 0.4) is 0 Å². The molecule has 0 bridgehead atoms. The molecule has 0 atom stereocenters. The van der Waals surface area contributed by atoms with Crippen molar-refractivity contribution in [2.75, 3.05) is 18.0 Å². The van der Waals surface area contributed by atoms with E-state index in [0.717, 1.165) is 30.5 Å². The highest BCUT2D eigenvalue weighted by molar-refractivity contribution is 5.39. The minimum absolute atomic E-state index is 0.0122. The monoisotopic (exact) mass is 282 g/mol. The molecule has 3 nitrogen and oxygen atoms in total. The number of hydrogen-bond acceptors (Lipinski definition) is 3. The maximum atomic E-state index is 9.19. The Morgan fingerprint density at radius 1 is 1.00 bits per heavy atom. The highest BCUT2D eigenvalue weighted by Crippen LogP contribution is 2.24. The van der Waals surface area contributed by atoms with Crippen LogP contribution in [0.25, 0.3) is 0 Å². The number of rotatable bonds is 4. The van der Waals surface area contributed by atoms with Crippen molar-refractivity contribution in [1.82, 2.24) is 4.98 Å². The van der Waals surface area contributed by atoms with Gasteiger partial charge in [0.2, 0.25) is 0 Å². The van der Waals surface area contributed by atoms with Crippen LogP contribution in [0.15, 0.2) is 48.5 Å². The van der Waals surface area contributed by atoms with Crippen LogP contribution in [-0.2, 0) is 13.0 Å². The highest BCUT2D eigenvalue weighted by atomic mass is 16.3. The molecule has 1 aromatic heterocycles. The molecule has 1 aliphatic rings. The Kier molecular flexibility index (Phi) is 4.51. The Labute approximate surface area is 126 Å². The third kappa shape index (κ3) is 3.61. The normalized spacial score (nSPS) is 16.1. The zero-order valence-corrected chi connectivity index (χ0v) is 12.3. The van der Waals surface area contributed by atoms with Crippen molar-refractivity contribution in [3.05, 3.63) is 59.8 Å². The first-order chi connectivity index (χ1) is 10.3. The van der Waals surface area contributed by atoms with Crippen molar-refractivity contribution < 1.29 is 5.11 Å². The molecule has 1 aromatic carbocycles. The van der Waals surface area contributed by atoms with Gasteiger partial charge in [-0.1, -0.05) is 36.4 Å². The number of piperidine rings is 1. The van der Waals surface area contributed by atoms with Gasteiger partial charge in [0.15, 0.2) is 0 Å². The van der Waals surface area contributed by atoms with Crippen LogP contribution in [0.2, 0.25) is 0 Å². The van der Waals surface area contributed by atoms with Gasteiger partial charge in [0.05, 0.1) is 12.3 Å². The van der Waals surface area contributed by atoms with E-state index in [9.17, 15) is 5.11 Å². The van der Waals surface area contributed by atoms with E-state index < -0.39 is 0 Å². The first-order valence-electron chi connectivity index (χ1n) is 7.71. The summed E-state index contributed by atoms with van der Waals surface area (Å²) < 4.78 is 0. The van der Waals surface area contributed by atoms with E-state index in [-0.39, 0.29) is 6.61 Å². The Bertz CT molecular complexity index is 562. The largest absolute Gasteiger partial charge is 0.390 e. The lowest BCUT2D eigenvalue weighted by Crippen LogP contribution is -2.34. The van der Waals surface area contributed by atoms with Gasteiger partial charge in [-0.25, -0.2) is 4.98 Å². The SMILES string of the molecule is OCc1cccc(N2CCC(Cc3ccccc3)CC2)n1. The van der Waals surface area contributed by atoms with Crippen molar-refractivity contribution in [1.29, 1.82) is 0 Å². The summed E-state index contributed by atoms with van der Waals surface area (Å²) in [5.41, 5.74) is 2.19. The topological polar surface area (TPSA) is 36.4 Å². The molecule has 1 aliphatic heterocycles. The molecule has 0 spiro atoms. The second-order valence-corrected chi connectivity index (χ2v) is 5.77. The minimum atomic E-state index is 0.0122. The zero-order chi connectivity index (χ0) is 14.5. The lowest BCUT2D eigenvalue weighted by atomic mass is 9.90. The molecule has 1 N–H and O–H groups in total. The summed E-state index contributed by atoms with van der Waals surface area (Å²) in [6.45, 7) is 2.12. The van der Waals surface area contributed by atoms with Crippen LogP contribution in [-0.4, -0.2) is 23.2 Å². The van der Waals surface area contributed by atoms with Crippen LogP contribution >= 0.6 is 0 Å². The van der Waals surface area contributed by atoms with Gasteiger partial charge in [-0.05, 0) is 42.9 Å². The summed E-state index contributed by atoms with van der Waals surface area (Å²) in [6, 6.07) is 16.6. The molecule has 1 fully saturated rings. The highest BCUT2D eigenvalue weighted by Gasteiger charge is 2.20. The summed E-state index contributed by atoms with van der Waals surface area (Å²) >= 11 is 0. The van der Waals surface area contributed by atoms with Gasteiger partial charge in [-0.2, -0.15) is 0 Å². The molecular formula is C18H22N2O. The second-order valence-electron chi connectivity index (χ2n) is 5.77. The van der Waals surface area contributed by atoms with Gasteiger partial charge >= 0.3 is 0 Å². The molecule has 0 radical (unpaired) electrons. The lowest BCUT2D eigenvalue weighted by Gasteiger charge is -2.33. The molecule has 0 saturated carbocycles. The predicted molar refractivity (Wildman–Crippen MR) is 85.2 cm³/mol. The quantitative estimate of drug-likeness (QED) is 0.936. The standard InChI is InChI=1S/C18H22N2O/c21-14-17-7-4-8-18(19-17)20-11-9-16(10-12-20)13-15-5-2-1-3-6-15/h1-8,16,21H,9-14H2. The number of nitrogens with zero attached hydrogens (tertiary/aromatic N) is 2. The fraction of sp³-hybridized carbons (Fsp3) is 0.389. The fourth-order valence-corrected chi connectivity index (χ4v) is 3.04. The van der Waals surface area contributed by atoms with Crippen LogP contribution < -0.4 is 4.90 Å². The Morgan fingerprint density at radius 3 is 2.48 bits per heavy atom. The van der Waals surface area contributed by atoms with Crippen molar-refractivity contribution in [2.45, 2.75) is 25.9 Å². The molecule has 2 aromatic rings. The molecule has 0 amide bonds. The molecule has 3 heteroatoms. The van der Waals surface area contributed by atoms with Crippen molar-refractivity contribution in [3.8, 4) is 0 Å². The second kappa shape index (κ2) is 6.72. The smallest absolute Gasteiger partial charge is 0.128 e. The van der Waals surface area contributed by atoms with Gasteiger partial charge in [0.25, 0.3) is 0 Å². The third-order valence-corrected chi connectivity index (χ3v) is 4.26. The number of aromatic nitrogens is 1. The summed E-state index contributed by atoms with van der Waals surface area (Å²) in [4.78, 5) is 6.83. The Balaban J connectivity index is 1.57. The van der Waals surface area contributed by atoms with E-state index in [0.29, 0.717) is 0 Å². The fourth-order valence-electron chi connectivity index (χ4n) is 3.04. The average molecular weight is 282 g/mol. The molecule has 21 heavy (non-hydrogen) atoms. The maximum absolute atomic E-state index is 9.19. The zero-order valence-electron chi connectivity index (χ0n) is 12.3. The van der Waals surface area contributed by atoms with Gasteiger partial charge in [0, 0.05) is 13.1 Å². The van der Waals surface area contributed by atoms with Crippen LogP contribution in [0.5, 0.6) is 0 Å². The summed E-state index contributed by atoms with van der Waals surface area (Å²) in [5, 5.41) is 9.19. The van der Waals surface area contributed by atoms with Crippen LogP contribution in [0.1, 0.15) is 24.1 Å². The molecule has 1 saturated heterocycles. The van der Waals surface area contributed by atoms with Crippen molar-refractivity contribution in [2.24, 2.45) is 5.92 Å². The Morgan fingerprint density at radius 2 is 1.76 bits per heavy atom. The van der Waals surface area contributed by atoms with Crippen LogP contribution in [0, 0.1) is 5.92 Å². The molecule has 110 valence electrons. The first kappa shape index (κ1) is 14.1. The molecule has 2 heterocycles. The molecule has 0 unspecified atom stereocenters. The number of aliphatic hydroxyl groups excluding tert-OH is 1. The Hall–Kier alpha value is -1.87. The summed E-state index contributed by atoms with van der Waals surface area (Å²) in [5.74, 6) is 1.77. The third-order valence-electron chi connectivity index (χ3n) is 4.26. The van der Waals surface area contributed by atoms with E-state index in [1.54, 1.807) is 0 Å². The van der Waals surface area contributed by atoms with Crippen molar-refractivity contribution >= 4 is 5.82 Å². The molecular weight excluding hydrogens is 260 g/mol. The number of benzene rings is 1. The van der Waals surface area contributed by atoms with E-state index in [1.165, 1.54) is 24.8 Å². The van der Waals surface area contributed by atoms with E-state index in [2.05, 4.69) is 40.2 Å². The van der Waals surface area contributed by atoms with E-state index >= 15 is 0 Å². The first-order valence-corrected chi connectivity index (χ1v) is 7.71. The lowest BCUT2D eigenvalue weighted by molar-refractivity contribution is 0.277. The maximum Gasteiger partial charge on any atom is 0.128 e. The average Bonchev–Trinajstić information content (AvgIpc) is 2.56. The van der Waals surface area contributed by atoms with E-state index in [4.69, 9.17) is 0 Å². The number of anilines is 1. The minimum Gasteiger partial charge on any atom is -0.390 e. The molecule has 0 aliphatic carbocycles. The summed E-state index contributed by atoms with van der Waals surface area (Å²) in [7, 11) is 0. The number of aliphatic hydroxyl groups is 1.